The van der Waals surface area contributed by atoms with Crippen LogP contribution >= 0.6 is 0 Å². The number of carbonyl (C=O) groups is 2. The lowest BCUT2D eigenvalue weighted by Crippen LogP contribution is -2.27. The average Bonchev–Trinajstić information content (AvgIpc) is 2.95. The van der Waals surface area contributed by atoms with Gasteiger partial charge in [0.05, 0.1) is 17.5 Å². The molecule has 0 saturated carbocycles. The van der Waals surface area contributed by atoms with Crippen LogP contribution in [-0.2, 0) is 4.79 Å². The number of nitrogens with one attached hydrogen (secondary N) is 2. The number of furan rings is 1. The standard InChI is InChI=1S/C14H13FN2O3/c15-11-3-1-2-4-12(11)17-13(18)5-7-16-14(19)10-6-8-20-9-10/h1-4,6,8-9H,5,7H2,(H,16,19)(H,17,18). The molecule has 0 saturated heterocycles. The van der Waals surface area contributed by atoms with Gasteiger partial charge in [-0.25, -0.2) is 4.39 Å². The molecule has 0 atom stereocenters. The van der Waals surface area contributed by atoms with Gasteiger partial charge in [0.2, 0.25) is 5.91 Å². The highest BCUT2D eigenvalue weighted by Gasteiger charge is 2.09. The van der Waals surface area contributed by atoms with Gasteiger partial charge in [-0.15, -0.1) is 0 Å². The number of para-hydroxylation sites is 1. The summed E-state index contributed by atoms with van der Waals surface area (Å²) in [5.74, 6) is -1.19. The summed E-state index contributed by atoms with van der Waals surface area (Å²) in [5.41, 5.74) is 0.512. The van der Waals surface area contributed by atoms with Crippen LogP contribution in [0.3, 0.4) is 0 Å². The summed E-state index contributed by atoms with van der Waals surface area (Å²) in [4.78, 5) is 23.1. The van der Waals surface area contributed by atoms with E-state index in [1.807, 2.05) is 0 Å². The fourth-order valence-corrected chi connectivity index (χ4v) is 1.56. The summed E-state index contributed by atoms with van der Waals surface area (Å²) in [6.45, 7) is 0.157. The summed E-state index contributed by atoms with van der Waals surface area (Å²) in [5, 5.41) is 5.00. The van der Waals surface area contributed by atoms with Crippen molar-refractivity contribution in [1.82, 2.24) is 5.32 Å². The zero-order valence-electron chi connectivity index (χ0n) is 10.6. The lowest BCUT2D eigenvalue weighted by atomic mass is 10.3. The number of amides is 2. The van der Waals surface area contributed by atoms with Gasteiger partial charge >= 0.3 is 0 Å². The number of carbonyl (C=O) groups excluding carboxylic acids is 2. The molecule has 1 aromatic heterocycles. The van der Waals surface area contributed by atoms with Gasteiger partial charge in [0.1, 0.15) is 12.1 Å². The Labute approximate surface area is 114 Å². The second-order valence-electron chi connectivity index (χ2n) is 4.05. The summed E-state index contributed by atoms with van der Waals surface area (Å²) >= 11 is 0. The fourth-order valence-electron chi connectivity index (χ4n) is 1.56. The molecule has 104 valence electrons. The van der Waals surface area contributed by atoms with Crippen molar-refractivity contribution in [2.45, 2.75) is 6.42 Å². The van der Waals surface area contributed by atoms with Crippen LogP contribution in [0.1, 0.15) is 16.8 Å². The lowest BCUT2D eigenvalue weighted by molar-refractivity contribution is -0.116. The van der Waals surface area contributed by atoms with Crippen molar-refractivity contribution in [1.29, 1.82) is 0 Å². The number of benzene rings is 1. The smallest absolute Gasteiger partial charge is 0.254 e. The predicted molar refractivity (Wildman–Crippen MR) is 70.7 cm³/mol. The maximum absolute atomic E-state index is 13.3. The molecule has 0 fully saturated rings. The van der Waals surface area contributed by atoms with Crippen LogP contribution in [0.15, 0.2) is 47.3 Å². The van der Waals surface area contributed by atoms with Crippen molar-refractivity contribution in [2.24, 2.45) is 0 Å². The van der Waals surface area contributed by atoms with Crippen LogP contribution in [0.4, 0.5) is 10.1 Å². The second-order valence-corrected chi connectivity index (χ2v) is 4.05. The summed E-state index contributed by atoms with van der Waals surface area (Å²) < 4.78 is 18.1. The normalized spacial score (nSPS) is 10.1. The second kappa shape index (κ2) is 6.51. The van der Waals surface area contributed by atoms with Gasteiger partial charge in [0.25, 0.3) is 5.91 Å². The molecule has 2 amide bonds. The van der Waals surface area contributed by atoms with Gasteiger partial charge in [-0.2, -0.15) is 0 Å². The number of hydrogen-bond donors (Lipinski definition) is 2. The Morgan fingerprint density at radius 2 is 2.00 bits per heavy atom. The number of anilines is 1. The van der Waals surface area contributed by atoms with Crippen molar-refractivity contribution in [3.05, 3.63) is 54.2 Å². The molecule has 5 nitrogen and oxygen atoms in total. The number of rotatable bonds is 5. The van der Waals surface area contributed by atoms with E-state index in [9.17, 15) is 14.0 Å². The Balaban J connectivity index is 1.76. The largest absolute Gasteiger partial charge is 0.472 e. The van der Waals surface area contributed by atoms with Crippen LogP contribution in [-0.4, -0.2) is 18.4 Å². The van der Waals surface area contributed by atoms with Gasteiger partial charge in [0.15, 0.2) is 0 Å². The van der Waals surface area contributed by atoms with E-state index in [1.54, 1.807) is 6.07 Å². The molecule has 0 aliphatic heterocycles. The van der Waals surface area contributed by atoms with Gasteiger partial charge in [-0.3, -0.25) is 9.59 Å². The molecule has 2 rings (SSSR count). The van der Waals surface area contributed by atoms with E-state index < -0.39 is 5.82 Å². The zero-order chi connectivity index (χ0) is 14.4. The number of hydrogen-bond acceptors (Lipinski definition) is 3. The minimum Gasteiger partial charge on any atom is -0.472 e. The average molecular weight is 276 g/mol. The van der Waals surface area contributed by atoms with E-state index in [0.717, 1.165) is 0 Å². The molecular weight excluding hydrogens is 263 g/mol. The summed E-state index contributed by atoms with van der Waals surface area (Å²) in [6, 6.07) is 7.41. The van der Waals surface area contributed by atoms with Crippen molar-refractivity contribution in [2.75, 3.05) is 11.9 Å². The van der Waals surface area contributed by atoms with Gasteiger partial charge in [-0.05, 0) is 18.2 Å². The molecule has 2 aromatic rings. The fraction of sp³-hybridized carbons (Fsp3) is 0.143. The van der Waals surface area contributed by atoms with E-state index in [2.05, 4.69) is 10.6 Å². The topological polar surface area (TPSA) is 71.3 Å². The third-order valence-electron chi connectivity index (χ3n) is 2.57. The van der Waals surface area contributed by atoms with E-state index in [-0.39, 0.29) is 30.5 Å². The maximum Gasteiger partial charge on any atom is 0.254 e. The quantitative estimate of drug-likeness (QED) is 0.879. The van der Waals surface area contributed by atoms with E-state index in [4.69, 9.17) is 4.42 Å². The molecule has 0 radical (unpaired) electrons. The third-order valence-corrected chi connectivity index (χ3v) is 2.57. The van der Waals surface area contributed by atoms with Crippen LogP contribution in [0, 0.1) is 5.82 Å². The SMILES string of the molecule is O=C(CCNC(=O)c1ccoc1)Nc1ccccc1F. The Morgan fingerprint density at radius 1 is 1.20 bits per heavy atom. The molecule has 2 N–H and O–H groups in total. The highest BCUT2D eigenvalue weighted by Crippen LogP contribution is 2.12. The summed E-state index contributed by atoms with van der Waals surface area (Å²) in [7, 11) is 0. The molecule has 6 heteroatoms. The molecule has 0 aliphatic carbocycles. The molecule has 0 aliphatic rings. The first-order valence-electron chi connectivity index (χ1n) is 6.01. The first-order chi connectivity index (χ1) is 9.66. The lowest BCUT2D eigenvalue weighted by Gasteiger charge is -2.06. The Kier molecular flexibility index (Phi) is 4.49. The molecule has 1 aromatic carbocycles. The van der Waals surface area contributed by atoms with E-state index in [0.29, 0.717) is 5.56 Å². The predicted octanol–water partition coefficient (Wildman–Crippen LogP) is 2.18. The van der Waals surface area contributed by atoms with Gasteiger partial charge < -0.3 is 15.1 Å². The van der Waals surface area contributed by atoms with Crippen molar-refractivity contribution < 1.29 is 18.4 Å². The van der Waals surface area contributed by atoms with Crippen molar-refractivity contribution >= 4 is 17.5 Å². The third kappa shape index (κ3) is 3.68. The van der Waals surface area contributed by atoms with Gasteiger partial charge in [0, 0.05) is 13.0 Å². The van der Waals surface area contributed by atoms with E-state index in [1.165, 1.54) is 36.8 Å². The van der Waals surface area contributed by atoms with Crippen LogP contribution in [0.25, 0.3) is 0 Å². The Hall–Kier alpha value is -2.63. The highest BCUT2D eigenvalue weighted by atomic mass is 19.1. The number of halogens is 1. The molecule has 0 unspecified atom stereocenters. The maximum atomic E-state index is 13.3. The van der Waals surface area contributed by atoms with Crippen molar-refractivity contribution in [3.8, 4) is 0 Å². The minimum absolute atomic E-state index is 0.0535. The molecule has 20 heavy (non-hydrogen) atoms. The minimum atomic E-state index is -0.497. The van der Waals surface area contributed by atoms with Crippen LogP contribution in [0.2, 0.25) is 0 Å². The van der Waals surface area contributed by atoms with E-state index >= 15 is 0 Å². The Bertz CT molecular complexity index is 596. The highest BCUT2D eigenvalue weighted by molar-refractivity contribution is 5.95. The first kappa shape index (κ1) is 13.8. The Morgan fingerprint density at radius 3 is 2.70 bits per heavy atom. The van der Waals surface area contributed by atoms with Crippen LogP contribution in [0.5, 0.6) is 0 Å². The zero-order valence-corrected chi connectivity index (χ0v) is 10.6. The molecular formula is C14H13FN2O3. The summed E-state index contributed by atoms with van der Waals surface area (Å²) in [6.07, 6.45) is 2.76. The van der Waals surface area contributed by atoms with Crippen molar-refractivity contribution in [3.63, 3.8) is 0 Å². The first-order valence-corrected chi connectivity index (χ1v) is 6.01. The van der Waals surface area contributed by atoms with Gasteiger partial charge in [-0.1, -0.05) is 12.1 Å². The molecule has 0 spiro atoms. The van der Waals surface area contributed by atoms with Crippen LogP contribution < -0.4 is 10.6 Å². The molecule has 0 bridgehead atoms. The molecule has 1 heterocycles. The monoisotopic (exact) mass is 276 g/mol.